The minimum absolute atomic E-state index is 0.384. The first-order valence-electron chi connectivity index (χ1n) is 8.98. The van der Waals surface area contributed by atoms with Crippen molar-refractivity contribution in [1.82, 2.24) is 9.99 Å². The molecule has 0 saturated carbocycles. The number of anilines is 1. The van der Waals surface area contributed by atoms with Crippen LogP contribution in [0.15, 0.2) is 53.6 Å². The zero-order valence-electron chi connectivity index (χ0n) is 16.4. The highest BCUT2D eigenvalue weighted by Crippen LogP contribution is 2.25. The van der Waals surface area contributed by atoms with Crippen molar-refractivity contribution in [2.24, 2.45) is 5.10 Å². The van der Waals surface area contributed by atoms with Gasteiger partial charge in [0.1, 0.15) is 0 Å². The molecule has 0 fully saturated rings. The third kappa shape index (κ3) is 4.26. The lowest BCUT2D eigenvalue weighted by Crippen LogP contribution is -2.24. The van der Waals surface area contributed by atoms with E-state index in [-0.39, 0.29) is 6.03 Å². The Balaban J connectivity index is 1.76. The molecule has 0 aliphatic rings. The quantitative estimate of drug-likeness (QED) is 0.444. The Labute approximate surface area is 170 Å². The average molecular weight is 395 g/mol. The van der Waals surface area contributed by atoms with Crippen LogP contribution in [0.4, 0.5) is 10.5 Å². The van der Waals surface area contributed by atoms with Gasteiger partial charge in [0, 0.05) is 33.3 Å². The molecule has 1 heterocycles. The number of nitrogens with one attached hydrogen (secondary N) is 2. The number of hydrogen-bond donors (Lipinski definition) is 2. The maximum Gasteiger partial charge on any atom is 0.339 e. The number of benzene rings is 2. The molecule has 0 unspecified atom stereocenters. The Bertz CT molecular complexity index is 1050. The van der Waals surface area contributed by atoms with Crippen LogP contribution < -0.4 is 10.7 Å². The van der Waals surface area contributed by atoms with Crippen LogP contribution in [0.25, 0.3) is 5.69 Å². The third-order valence-corrected chi connectivity index (χ3v) is 4.88. The number of carbonyl (C=O) groups is 1. The number of carbonyl (C=O) groups excluding carboxylic acids is 1. The number of aromatic nitrogens is 1. The van der Waals surface area contributed by atoms with E-state index in [2.05, 4.69) is 27.3 Å². The first-order chi connectivity index (χ1) is 13.4. The second-order valence-electron chi connectivity index (χ2n) is 6.73. The number of para-hydroxylation sites is 1. The lowest BCUT2D eigenvalue weighted by molar-refractivity contribution is 0.252. The molecular weight excluding hydrogens is 372 g/mol. The Morgan fingerprint density at radius 3 is 2.54 bits per heavy atom. The van der Waals surface area contributed by atoms with Crippen molar-refractivity contribution in [3.8, 4) is 5.69 Å². The van der Waals surface area contributed by atoms with E-state index in [1.54, 1.807) is 6.21 Å². The highest BCUT2D eigenvalue weighted by molar-refractivity contribution is 6.30. The topological polar surface area (TPSA) is 58.4 Å². The number of hydrazone groups is 1. The first-order valence-corrected chi connectivity index (χ1v) is 9.36. The van der Waals surface area contributed by atoms with Gasteiger partial charge in [-0.3, -0.25) is 0 Å². The number of urea groups is 1. The molecule has 6 heteroatoms. The van der Waals surface area contributed by atoms with Crippen molar-refractivity contribution in [3.05, 3.63) is 81.6 Å². The van der Waals surface area contributed by atoms with Crippen molar-refractivity contribution < 1.29 is 4.79 Å². The van der Waals surface area contributed by atoms with Crippen molar-refractivity contribution in [3.63, 3.8) is 0 Å². The average Bonchev–Trinajstić information content (AvgIpc) is 2.93. The molecule has 3 rings (SSSR count). The van der Waals surface area contributed by atoms with E-state index in [1.807, 2.05) is 69.3 Å². The van der Waals surface area contributed by atoms with Crippen molar-refractivity contribution in [1.29, 1.82) is 0 Å². The number of rotatable bonds is 4. The summed E-state index contributed by atoms with van der Waals surface area (Å²) in [4.78, 5) is 12.1. The molecule has 2 N–H and O–H groups in total. The molecule has 0 spiro atoms. The van der Waals surface area contributed by atoms with Crippen molar-refractivity contribution >= 4 is 29.5 Å². The van der Waals surface area contributed by atoms with Crippen LogP contribution in [0.5, 0.6) is 0 Å². The van der Waals surface area contributed by atoms with E-state index in [9.17, 15) is 4.79 Å². The number of aryl methyl sites for hydroxylation is 3. The van der Waals surface area contributed by atoms with Gasteiger partial charge in [-0.2, -0.15) is 5.10 Å². The summed E-state index contributed by atoms with van der Waals surface area (Å²) in [5.74, 6) is 0. The minimum atomic E-state index is -0.384. The maximum absolute atomic E-state index is 12.1. The minimum Gasteiger partial charge on any atom is -0.318 e. The molecule has 0 bridgehead atoms. The fourth-order valence-corrected chi connectivity index (χ4v) is 3.30. The summed E-state index contributed by atoms with van der Waals surface area (Å²) in [7, 11) is 0. The Morgan fingerprint density at radius 2 is 1.79 bits per heavy atom. The van der Waals surface area contributed by atoms with Crippen LogP contribution in [0.3, 0.4) is 0 Å². The van der Waals surface area contributed by atoms with E-state index in [1.165, 1.54) is 0 Å². The predicted molar refractivity (Wildman–Crippen MR) is 116 cm³/mol. The summed E-state index contributed by atoms with van der Waals surface area (Å²) in [6, 6.07) is 15.1. The molecule has 0 saturated heterocycles. The van der Waals surface area contributed by atoms with E-state index < -0.39 is 0 Å². The summed E-state index contributed by atoms with van der Waals surface area (Å²) in [6.45, 7) is 8.03. The van der Waals surface area contributed by atoms with Gasteiger partial charge in [-0.15, -0.1) is 0 Å². The van der Waals surface area contributed by atoms with Crippen LogP contribution in [0.2, 0.25) is 5.02 Å². The Hall–Kier alpha value is -3.05. The van der Waals surface area contributed by atoms with Gasteiger partial charge in [-0.25, -0.2) is 10.2 Å². The van der Waals surface area contributed by atoms with Gasteiger partial charge in [0.05, 0.1) is 6.21 Å². The van der Waals surface area contributed by atoms with Gasteiger partial charge in [0.15, 0.2) is 0 Å². The first kappa shape index (κ1) is 19.7. The van der Waals surface area contributed by atoms with Gasteiger partial charge < -0.3 is 9.88 Å². The monoisotopic (exact) mass is 394 g/mol. The largest absolute Gasteiger partial charge is 0.339 e. The van der Waals surface area contributed by atoms with E-state index >= 15 is 0 Å². The van der Waals surface area contributed by atoms with Gasteiger partial charge in [0.2, 0.25) is 0 Å². The van der Waals surface area contributed by atoms with Crippen LogP contribution >= 0.6 is 11.6 Å². The van der Waals surface area contributed by atoms with Crippen LogP contribution in [-0.4, -0.2) is 16.8 Å². The zero-order chi connectivity index (χ0) is 20.3. The number of amides is 2. The van der Waals surface area contributed by atoms with Crippen LogP contribution in [0, 0.1) is 27.7 Å². The van der Waals surface area contributed by atoms with Crippen molar-refractivity contribution in [2.75, 3.05) is 5.32 Å². The lowest BCUT2D eigenvalue weighted by atomic mass is 10.2. The summed E-state index contributed by atoms with van der Waals surface area (Å²) < 4.78 is 2.13. The van der Waals surface area contributed by atoms with Gasteiger partial charge >= 0.3 is 6.03 Å². The highest BCUT2D eigenvalue weighted by Gasteiger charge is 2.12. The van der Waals surface area contributed by atoms with Gasteiger partial charge in [-0.1, -0.05) is 35.9 Å². The Kier molecular flexibility index (Phi) is 5.85. The summed E-state index contributed by atoms with van der Waals surface area (Å²) in [5, 5.41) is 7.57. The number of nitrogens with zero attached hydrogens (tertiary/aromatic N) is 2. The molecular formula is C22H23ClN4O. The van der Waals surface area contributed by atoms with Gasteiger partial charge in [0.25, 0.3) is 0 Å². The number of hydrogen-bond acceptors (Lipinski definition) is 2. The molecule has 0 aliphatic carbocycles. The Morgan fingerprint density at radius 1 is 1.04 bits per heavy atom. The summed E-state index contributed by atoms with van der Waals surface area (Å²) in [6.07, 6.45) is 1.65. The second kappa shape index (κ2) is 8.31. The standard InChI is InChI=1S/C22H23ClN4O/c1-14-7-5-6-8-20(14)25-22(28)26-24-13-18-11-16(3)27(17(18)4)21-12-19(23)10-9-15(21)2/h5-13H,1-4H3,(H2,25,26,28). The van der Waals surface area contributed by atoms with E-state index in [0.29, 0.717) is 5.02 Å². The highest BCUT2D eigenvalue weighted by atomic mass is 35.5. The molecule has 0 radical (unpaired) electrons. The molecule has 2 aromatic carbocycles. The van der Waals surface area contributed by atoms with Gasteiger partial charge in [-0.05, 0) is 63.1 Å². The molecule has 5 nitrogen and oxygen atoms in total. The second-order valence-corrected chi connectivity index (χ2v) is 7.17. The van der Waals surface area contributed by atoms with Crippen LogP contribution in [0.1, 0.15) is 28.1 Å². The zero-order valence-corrected chi connectivity index (χ0v) is 17.1. The molecule has 0 atom stereocenters. The summed E-state index contributed by atoms with van der Waals surface area (Å²) >= 11 is 6.18. The molecule has 2 amide bonds. The molecule has 144 valence electrons. The smallest absolute Gasteiger partial charge is 0.318 e. The van der Waals surface area contributed by atoms with E-state index in [0.717, 1.165) is 39.5 Å². The fourth-order valence-electron chi connectivity index (χ4n) is 3.14. The third-order valence-electron chi connectivity index (χ3n) is 4.65. The fraction of sp³-hybridized carbons (Fsp3) is 0.182. The van der Waals surface area contributed by atoms with E-state index in [4.69, 9.17) is 11.6 Å². The maximum atomic E-state index is 12.1. The molecule has 0 aliphatic heterocycles. The SMILES string of the molecule is Cc1ccccc1NC(=O)NN=Cc1cc(C)n(-c2cc(Cl)ccc2C)c1C. The molecule has 28 heavy (non-hydrogen) atoms. The van der Waals surface area contributed by atoms with Crippen LogP contribution in [-0.2, 0) is 0 Å². The lowest BCUT2D eigenvalue weighted by Gasteiger charge is -2.13. The molecule has 1 aromatic heterocycles. The molecule has 3 aromatic rings. The predicted octanol–water partition coefficient (Wildman–Crippen LogP) is 5.52. The number of halogens is 1. The van der Waals surface area contributed by atoms with Crippen molar-refractivity contribution in [2.45, 2.75) is 27.7 Å². The summed E-state index contributed by atoms with van der Waals surface area (Å²) in [5.41, 5.74) is 9.43. The normalized spacial score (nSPS) is 11.0.